The van der Waals surface area contributed by atoms with E-state index in [0.29, 0.717) is 29.6 Å². The second kappa shape index (κ2) is 7.59. The molecular formula is C20H19N3O5. The van der Waals surface area contributed by atoms with Crippen molar-refractivity contribution in [3.63, 3.8) is 0 Å². The summed E-state index contributed by atoms with van der Waals surface area (Å²) in [4.78, 5) is 20.3. The number of fused-ring (bicyclic) bond motifs is 1. The van der Waals surface area contributed by atoms with Crippen LogP contribution < -0.4 is 19.5 Å². The van der Waals surface area contributed by atoms with Crippen molar-refractivity contribution in [2.75, 3.05) is 27.4 Å². The zero-order chi connectivity index (χ0) is 19.5. The number of nitrogens with zero attached hydrogens (tertiary/aromatic N) is 2. The van der Waals surface area contributed by atoms with Gasteiger partial charge in [-0.25, -0.2) is 9.78 Å². The number of aromatic nitrogens is 2. The van der Waals surface area contributed by atoms with E-state index < -0.39 is 6.09 Å². The first kappa shape index (κ1) is 17.8. The number of ether oxygens (including phenoxy) is 4. The minimum Gasteiger partial charge on any atom is -0.493 e. The normalized spacial score (nSPS) is 15.8. The molecule has 1 aliphatic rings. The van der Waals surface area contributed by atoms with Crippen LogP contribution in [0.2, 0.25) is 0 Å². The molecular weight excluding hydrogens is 362 g/mol. The van der Waals surface area contributed by atoms with E-state index in [0.717, 1.165) is 16.5 Å². The lowest BCUT2D eigenvalue weighted by atomic mass is 10.1. The second-order valence-corrected chi connectivity index (χ2v) is 6.17. The third-order valence-electron chi connectivity index (χ3n) is 4.40. The number of hydrogen-bond acceptors (Lipinski definition) is 7. The summed E-state index contributed by atoms with van der Waals surface area (Å²) < 4.78 is 21.7. The fourth-order valence-corrected chi connectivity index (χ4v) is 2.99. The summed E-state index contributed by atoms with van der Waals surface area (Å²) in [5, 5.41) is 3.39. The molecule has 2 aromatic heterocycles. The predicted octanol–water partition coefficient (Wildman–Crippen LogP) is 2.80. The summed E-state index contributed by atoms with van der Waals surface area (Å²) in [7, 11) is 3.18. The summed E-state index contributed by atoms with van der Waals surface area (Å²) in [5.41, 5.74) is 2.27. The Balaban J connectivity index is 1.70. The molecule has 3 aromatic rings. The van der Waals surface area contributed by atoms with Gasteiger partial charge in [0.05, 0.1) is 37.4 Å². The standard InChI is InChI=1S/C20H19N3O5/c1-25-17-6-5-12(8-18(17)26-2)15-9-16-14(4-3-7-21-16)19(23-15)27-11-13-10-22-20(24)28-13/h3-9,13H,10-11H2,1-2H3,(H,22,24). The quantitative estimate of drug-likeness (QED) is 0.702. The number of cyclic esters (lactones) is 1. The highest BCUT2D eigenvalue weighted by molar-refractivity contribution is 5.87. The molecule has 0 saturated carbocycles. The van der Waals surface area contributed by atoms with E-state index in [9.17, 15) is 4.79 Å². The highest BCUT2D eigenvalue weighted by Gasteiger charge is 2.23. The van der Waals surface area contributed by atoms with Gasteiger partial charge >= 0.3 is 6.09 Å². The van der Waals surface area contributed by atoms with Crippen LogP contribution in [-0.4, -0.2) is 49.5 Å². The van der Waals surface area contributed by atoms with Crippen molar-refractivity contribution in [1.82, 2.24) is 15.3 Å². The van der Waals surface area contributed by atoms with Gasteiger partial charge in [0, 0.05) is 11.8 Å². The van der Waals surface area contributed by atoms with Gasteiger partial charge in [-0.15, -0.1) is 0 Å². The number of pyridine rings is 2. The summed E-state index contributed by atoms with van der Waals surface area (Å²) in [5.74, 6) is 1.67. The van der Waals surface area contributed by atoms with E-state index >= 15 is 0 Å². The first-order valence-electron chi connectivity index (χ1n) is 8.73. The Morgan fingerprint density at radius 2 is 2.04 bits per heavy atom. The number of alkyl carbamates (subject to hydrolysis) is 1. The van der Waals surface area contributed by atoms with Crippen LogP contribution in [0.4, 0.5) is 4.79 Å². The van der Waals surface area contributed by atoms with Crippen molar-refractivity contribution < 1.29 is 23.7 Å². The smallest absolute Gasteiger partial charge is 0.407 e. The lowest BCUT2D eigenvalue weighted by Gasteiger charge is -2.14. The van der Waals surface area contributed by atoms with Crippen molar-refractivity contribution >= 4 is 17.0 Å². The number of methoxy groups -OCH3 is 2. The van der Waals surface area contributed by atoms with Crippen LogP contribution in [0.3, 0.4) is 0 Å². The minimum absolute atomic E-state index is 0.200. The largest absolute Gasteiger partial charge is 0.493 e. The maximum Gasteiger partial charge on any atom is 0.407 e. The molecule has 1 atom stereocenters. The van der Waals surface area contributed by atoms with Gasteiger partial charge in [-0.3, -0.25) is 4.98 Å². The molecule has 8 heteroatoms. The Morgan fingerprint density at radius 1 is 1.18 bits per heavy atom. The zero-order valence-corrected chi connectivity index (χ0v) is 15.5. The topological polar surface area (TPSA) is 91.8 Å². The number of carbonyl (C=O) groups is 1. The monoisotopic (exact) mass is 381 g/mol. The molecule has 144 valence electrons. The molecule has 0 bridgehead atoms. The Kier molecular flexibility index (Phi) is 4.84. The Bertz CT molecular complexity index is 1020. The first-order valence-corrected chi connectivity index (χ1v) is 8.73. The Morgan fingerprint density at radius 3 is 2.79 bits per heavy atom. The van der Waals surface area contributed by atoms with Crippen LogP contribution in [0.1, 0.15) is 0 Å². The van der Waals surface area contributed by atoms with Crippen molar-refractivity contribution in [3.05, 3.63) is 42.6 Å². The highest BCUT2D eigenvalue weighted by atomic mass is 16.6. The molecule has 1 unspecified atom stereocenters. The van der Waals surface area contributed by atoms with Crippen molar-refractivity contribution in [1.29, 1.82) is 0 Å². The number of rotatable bonds is 6. The molecule has 0 radical (unpaired) electrons. The lowest BCUT2D eigenvalue weighted by Crippen LogP contribution is -2.22. The number of carbonyl (C=O) groups excluding carboxylic acids is 1. The molecule has 4 rings (SSSR count). The molecule has 1 amide bonds. The maximum absolute atomic E-state index is 11.2. The molecule has 1 fully saturated rings. The predicted molar refractivity (Wildman–Crippen MR) is 102 cm³/mol. The number of hydrogen-bond donors (Lipinski definition) is 1. The van der Waals surface area contributed by atoms with Crippen molar-refractivity contribution in [2.24, 2.45) is 0 Å². The molecule has 0 aliphatic carbocycles. The second-order valence-electron chi connectivity index (χ2n) is 6.17. The van der Waals surface area contributed by atoms with Gasteiger partial charge in [-0.05, 0) is 36.4 Å². The van der Waals surface area contributed by atoms with E-state index in [-0.39, 0.29) is 12.7 Å². The molecule has 28 heavy (non-hydrogen) atoms. The van der Waals surface area contributed by atoms with Crippen LogP contribution in [0.25, 0.3) is 22.2 Å². The van der Waals surface area contributed by atoms with E-state index in [1.807, 2.05) is 36.4 Å². The van der Waals surface area contributed by atoms with Gasteiger partial charge in [0.15, 0.2) is 17.6 Å². The van der Waals surface area contributed by atoms with Gasteiger partial charge in [0.1, 0.15) is 6.61 Å². The van der Waals surface area contributed by atoms with Crippen molar-refractivity contribution in [2.45, 2.75) is 6.10 Å². The van der Waals surface area contributed by atoms with Crippen LogP contribution in [0, 0.1) is 0 Å². The third-order valence-corrected chi connectivity index (χ3v) is 4.40. The Labute approximate surface area is 161 Å². The van der Waals surface area contributed by atoms with Crippen LogP contribution in [-0.2, 0) is 4.74 Å². The van der Waals surface area contributed by atoms with E-state index in [4.69, 9.17) is 18.9 Å². The minimum atomic E-state index is -0.438. The third kappa shape index (κ3) is 3.48. The summed E-state index contributed by atoms with van der Waals surface area (Å²) >= 11 is 0. The molecule has 1 saturated heterocycles. The fraction of sp³-hybridized carbons (Fsp3) is 0.250. The SMILES string of the molecule is COc1ccc(-c2cc3ncccc3c(OCC3CNC(=O)O3)n2)cc1OC. The highest BCUT2D eigenvalue weighted by Crippen LogP contribution is 2.34. The molecule has 1 aliphatic heterocycles. The number of amides is 1. The van der Waals surface area contributed by atoms with Crippen LogP contribution in [0.15, 0.2) is 42.6 Å². The average molecular weight is 381 g/mol. The molecule has 3 heterocycles. The molecule has 0 spiro atoms. The number of nitrogens with one attached hydrogen (secondary N) is 1. The Hall–Kier alpha value is -3.55. The first-order chi connectivity index (χ1) is 13.7. The number of benzene rings is 1. The molecule has 1 N–H and O–H groups in total. The van der Waals surface area contributed by atoms with Gasteiger partial charge < -0.3 is 24.3 Å². The average Bonchev–Trinajstić information content (AvgIpc) is 3.16. The van der Waals surface area contributed by atoms with E-state index in [2.05, 4.69) is 15.3 Å². The lowest BCUT2D eigenvalue weighted by molar-refractivity contribution is 0.104. The summed E-state index contributed by atoms with van der Waals surface area (Å²) in [6, 6.07) is 11.2. The van der Waals surface area contributed by atoms with E-state index in [1.54, 1.807) is 20.4 Å². The van der Waals surface area contributed by atoms with Gasteiger partial charge in [-0.1, -0.05) is 0 Å². The van der Waals surface area contributed by atoms with Gasteiger partial charge in [0.2, 0.25) is 5.88 Å². The van der Waals surface area contributed by atoms with Crippen molar-refractivity contribution in [3.8, 4) is 28.6 Å². The van der Waals surface area contributed by atoms with Gasteiger partial charge in [-0.2, -0.15) is 0 Å². The maximum atomic E-state index is 11.2. The summed E-state index contributed by atoms with van der Waals surface area (Å²) in [6.45, 7) is 0.607. The zero-order valence-electron chi connectivity index (χ0n) is 15.5. The fourth-order valence-electron chi connectivity index (χ4n) is 2.99. The van der Waals surface area contributed by atoms with Gasteiger partial charge in [0.25, 0.3) is 0 Å². The molecule has 1 aromatic carbocycles. The van der Waals surface area contributed by atoms with E-state index in [1.165, 1.54) is 0 Å². The summed E-state index contributed by atoms with van der Waals surface area (Å²) in [6.07, 6.45) is 0.922. The van der Waals surface area contributed by atoms with Crippen LogP contribution in [0.5, 0.6) is 17.4 Å². The van der Waals surface area contributed by atoms with Crippen LogP contribution >= 0.6 is 0 Å². The molecule has 8 nitrogen and oxygen atoms in total.